The second kappa shape index (κ2) is 8.67. The number of hydrogen-bond donors (Lipinski definition) is 0. The lowest BCUT2D eigenvalue weighted by Gasteiger charge is -2.20. The van der Waals surface area contributed by atoms with Crippen molar-refractivity contribution in [3.05, 3.63) is 65.9 Å². The number of hydrogen-bond acceptors (Lipinski definition) is 5. The maximum Gasteiger partial charge on any atom is 0.315 e. The summed E-state index contributed by atoms with van der Waals surface area (Å²) in [6.07, 6.45) is 4.59. The van der Waals surface area contributed by atoms with Crippen molar-refractivity contribution in [2.75, 3.05) is 0 Å². The van der Waals surface area contributed by atoms with Gasteiger partial charge in [-0.15, -0.1) is 0 Å². The second-order valence-electron chi connectivity index (χ2n) is 8.04. The number of para-hydroxylation sites is 1. The molecule has 162 valence electrons. The molecule has 1 fully saturated rings. The second-order valence-corrected chi connectivity index (χ2v) is 9.93. The summed E-state index contributed by atoms with van der Waals surface area (Å²) in [5.74, 6) is -0.653. The summed E-state index contributed by atoms with van der Waals surface area (Å²) in [5, 5.41) is 4.45. The van der Waals surface area contributed by atoms with Crippen molar-refractivity contribution in [3.63, 3.8) is 0 Å². The summed E-state index contributed by atoms with van der Waals surface area (Å²) in [6.45, 7) is 3.52. The first-order chi connectivity index (χ1) is 14.9. The van der Waals surface area contributed by atoms with Crippen molar-refractivity contribution < 1.29 is 17.9 Å². The number of benzene rings is 2. The third-order valence-electron chi connectivity index (χ3n) is 5.70. The Morgan fingerprint density at radius 1 is 0.968 bits per heavy atom. The molecule has 1 aliphatic carbocycles. The van der Waals surface area contributed by atoms with Crippen LogP contribution in [0.25, 0.3) is 5.69 Å². The first kappa shape index (κ1) is 21.3. The molecule has 0 amide bonds. The van der Waals surface area contributed by atoms with Crippen LogP contribution in [0, 0.1) is 19.8 Å². The van der Waals surface area contributed by atoms with Crippen molar-refractivity contribution in [2.24, 2.45) is 5.92 Å². The summed E-state index contributed by atoms with van der Waals surface area (Å²) in [5.41, 5.74) is 1.87. The van der Waals surface area contributed by atoms with Crippen LogP contribution in [0.1, 0.15) is 43.4 Å². The van der Waals surface area contributed by atoms with E-state index in [1.54, 1.807) is 43.3 Å². The first-order valence-electron chi connectivity index (χ1n) is 10.6. The van der Waals surface area contributed by atoms with E-state index in [-0.39, 0.29) is 27.3 Å². The Morgan fingerprint density at radius 3 is 2.26 bits per heavy atom. The molecule has 0 N–H and O–H groups in total. The highest BCUT2D eigenvalue weighted by atomic mass is 32.2. The van der Waals surface area contributed by atoms with E-state index >= 15 is 0 Å². The molecule has 3 aromatic rings. The zero-order chi connectivity index (χ0) is 22.0. The molecule has 0 radical (unpaired) electrons. The fourth-order valence-electron chi connectivity index (χ4n) is 3.99. The lowest BCUT2D eigenvalue weighted by atomic mass is 9.89. The molecule has 2 aromatic carbocycles. The van der Waals surface area contributed by atoms with Crippen molar-refractivity contribution >= 4 is 15.8 Å². The Bertz CT molecular complexity index is 1180. The Labute approximate surface area is 182 Å². The van der Waals surface area contributed by atoms with Crippen LogP contribution >= 0.6 is 0 Å². The maximum absolute atomic E-state index is 13.5. The molecule has 0 aliphatic heterocycles. The van der Waals surface area contributed by atoms with E-state index in [4.69, 9.17) is 4.74 Å². The van der Waals surface area contributed by atoms with Gasteiger partial charge in [0.2, 0.25) is 15.7 Å². The molecule has 0 bridgehead atoms. The number of nitrogens with zero attached hydrogens (tertiary/aromatic N) is 2. The molecule has 4 rings (SSSR count). The Hall–Kier alpha value is -2.93. The van der Waals surface area contributed by atoms with Crippen LogP contribution in [-0.4, -0.2) is 24.2 Å². The van der Waals surface area contributed by atoms with Crippen LogP contribution in [-0.2, 0) is 14.6 Å². The van der Waals surface area contributed by atoms with Gasteiger partial charge in [0, 0.05) is 0 Å². The van der Waals surface area contributed by atoms with Gasteiger partial charge in [-0.1, -0.05) is 55.2 Å². The van der Waals surface area contributed by atoms with Gasteiger partial charge in [-0.2, -0.15) is 9.78 Å². The Kier molecular flexibility index (Phi) is 5.96. The average Bonchev–Trinajstić information content (AvgIpc) is 3.11. The molecule has 6 nitrogen and oxygen atoms in total. The normalized spacial score (nSPS) is 15.0. The predicted molar refractivity (Wildman–Crippen MR) is 117 cm³/mol. The van der Waals surface area contributed by atoms with Crippen LogP contribution in [0.5, 0.6) is 5.88 Å². The number of aromatic nitrogens is 2. The van der Waals surface area contributed by atoms with Gasteiger partial charge in [0.15, 0.2) is 4.90 Å². The van der Waals surface area contributed by atoms with Crippen molar-refractivity contribution in [2.45, 2.75) is 55.7 Å². The third-order valence-corrected chi connectivity index (χ3v) is 7.60. The van der Waals surface area contributed by atoms with E-state index in [0.717, 1.165) is 37.7 Å². The number of ether oxygens (including phenoxy) is 1. The summed E-state index contributed by atoms with van der Waals surface area (Å²) >= 11 is 0. The largest absolute Gasteiger partial charge is 0.406 e. The number of carbonyl (C=O) groups is 1. The summed E-state index contributed by atoms with van der Waals surface area (Å²) in [6, 6.07) is 15.7. The topological polar surface area (TPSA) is 78.3 Å². The van der Waals surface area contributed by atoms with Gasteiger partial charge >= 0.3 is 5.97 Å². The van der Waals surface area contributed by atoms with Gasteiger partial charge in [0.1, 0.15) is 0 Å². The number of carbonyl (C=O) groups excluding carboxylic acids is 1. The molecule has 1 aromatic heterocycles. The van der Waals surface area contributed by atoms with E-state index in [1.807, 2.05) is 25.1 Å². The van der Waals surface area contributed by atoms with Crippen LogP contribution in [0.3, 0.4) is 0 Å². The van der Waals surface area contributed by atoms with E-state index in [0.29, 0.717) is 5.69 Å². The lowest BCUT2D eigenvalue weighted by molar-refractivity contribution is -0.140. The Balaban J connectivity index is 1.83. The van der Waals surface area contributed by atoms with Gasteiger partial charge < -0.3 is 4.74 Å². The number of aryl methyl sites for hydroxylation is 2. The summed E-state index contributed by atoms with van der Waals surface area (Å²) in [7, 11) is -3.94. The average molecular weight is 439 g/mol. The van der Waals surface area contributed by atoms with Gasteiger partial charge in [0.25, 0.3) is 0 Å². The molecule has 7 heteroatoms. The fraction of sp³-hybridized carbons (Fsp3) is 0.333. The third kappa shape index (κ3) is 4.28. The quantitative estimate of drug-likeness (QED) is 0.534. The minimum absolute atomic E-state index is 0.0418. The maximum atomic E-state index is 13.5. The van der Waals surface area contributed by atoms with Crippen LogP contribution < -0.4 is 4.74 Å². The van der Waals surface area contributed by atoms with Crippen molar-refractivity contribution in [1.82, 2.24) is 9.78 Å². The molecule has 1 saturated carbocycles. The van der Waals surface area contributed by atoms with Crippen molar-refractivity contribution in [1.29, 1.82) is 0 Å². The molecular weight excluding hydrogens is 412 g/mol. The highest BCUT2D eigenvalue weighted by Crippen LogP contribution is 2.36. The zero-order valence-corrected chi connectivity index (χ0v) is 18.6. The van der Waals surface area contributed by atoms with Crippen LogP contribution in [0.4, 0.5) is 0 Å². The minimum Gasteiger partial charge on any atom is -0.406 e. The smallest absolute Gasteiger partial charge is 0.315 e. The van der Waals surface area contributed by atoms with Crippen LogP contribution in [0.2, 0.25) is 0 Å². The molecular formula is C24H26N2O4S. The molecule has 1 heterocycles. The monoisotopic (exact) mass is 438 g/mol. The van der Waals surface area contributed by atoms with E-state index < -0.39 is 15.8 Å². The molecule has 0 unspecified atom stereocenters. The van der Waals surface area contributed by atoms with Gasteiger partial charge in [-0.25, -0.2) is 8.42 Å². The van der Waals surface area contributed by atoms with Gasteiger partial charge in [0.05, 0.1) is 22.2 Å². The van der Waals surface area contributed by atoms with E-state index in [2.05, 4.69) is 5.10 Å². The minimum atomic E-state index is -3.94. The highest BCUT2D eigenvalue weighted by Gasteiger charge is 2.33. The SMILES string of the molecule is Cc1ccc(S(=O)(=O)c2c(C)nn(-c3ccccc3)c2OC(=O)C2CCCCC2)cc1. The van der Waals surface area contributed by atoms with E-state index in [9.17, 15) is 13.2 Å². The first-order valence-corrected chi connectivity index (χ1v) is 12.0. The lowest BCUT2D eigenvalue weighted by Crippen LogP contribution is -2.24. The molecule has 0 spiro atoms. The van der Waals surface area contributed by atoms with Crippen molar-refractivity contribution in [3.8, 4) is 11.6 Å². The molecule has 0 saturated heterocycles. The summed E-state index contributed by atoms with van der Waals surface area (Å²) < 4.78 is 34.3. The number of sulfone groups is 1. The van der Waals surface area contributed by atoms with Gasteiger partial charge in [-0.05, 0) is 51.0 Å². The zero-order valence-electron chi connectivity index (χ0n) is 17.7. The molecule has 31 heavy (non-hydrogen) atoms. The van der Waals surface area contributed by atoms with Crippen LogP contribution in [0.15, 0.2) is 64.4 Å². The van der Waals surface area contributed by atoms with E-state index in [1.165, 1.54) is 4.68 Å². The standard InChI is InChI=1S/C24H26N2O4S/c1-17-13-15-21(16-14-17)31(28,29)22-18(2)25-26(20-11-7-4-8-12-20)23(22)30-24(27)19-9-5-3-6-10-19/h4,7-8,11-16,19H,3,5-6,9-10H2,1-2H3. The predicted octanol–water partition coefficient (Wildman–Crippen LogP) is 4.81. The van der Waals surface area contributed by atoms with Gasteiger partial charge in [-0.3, -0.25) is 4.79 Å². The highest BCUT2D eigenvalue weighted by molar-refractivity contribution is 7.91. The Morgan fingerprint density at radius 2 is 1.61 bits per heavy atom. The fourth-order valence-corrected chi connectivity index (χ4v) is 5.50. The number of esters is 1. The number of rotatable bonds is 5. The summed E-state index contributed by atoms with van der Waals surface area (Å²) in [4.78, 5) is 13.0. The molecule has 0 atom stereocenters. The molecule has 1 aliphatic rings.